The Morgan fingerprint density at radius 2 is 1.76 bits per heavy atom. The van der Waals surface area contributed by atoms with Crippen LogP contribution in [0, 0.1) is 29.5 Å². The number of carbonyl (C=O) groups is 1. The van der Waals surface area contributed by atoms with Crippen molar-refractivity contribution in [3.8, 4) is 0 Å². The van der Waals surface area contributed by atoms with Crippen LogP contribution in [0.1, 0.15) is 50.5 Å². The van der Waals surface area contributed by atoms with Crippen molar-refractivity contribution in [2.24, 2.45) is 23.7 Å². The van der Waals surface area contributed by atoms with Gasteiger partial charge in [-0.15, -0.1) is 0 Å². The maximum absolute atomic E-state index is 13.3. The summed E-state index contributed by atoms with van der Waals surface area (Å²) in [6.07, 6.45) is 9.44. The standard InChI is InChI=1S/C21H25ClFNO/c22-19-9-18(23)2-1-16(19)8-17-3-4-24(20(17)25)21-10-13-5-14(11-21)7-15(6-13)12-21/h1-2,9,13-15,17H,3-8,10-12H2. The maximum Gasteiger partial charge on any atom is 0.226 e. The van der Waals surface area contributed by atoms with Crippen molar-refractivity contribution in [2.75, 3.05) is 6.54 Å². The predicted octanol–water partition coefficient (Wildman–Crippen LogP) is 4.84. The minimum atomic E-state index is -0.318. The lowest BCUT2D eigenvalue weighted by Crippen LogP contribution is -2.60. The number of nitrogens with zero attached hydrogens (tertiary/aromatic N) is 1. The molecule has 134 valence electrons. The number of halogens is 2. The molecule has 5 fully saturated rings. The Morgan fingerprint density at radius 1 is 1.12 bits per heavy atom. The van der Waals surface area contributed by atoms with E-state index in [-0.39, 0.29) is 17.3 Å². The zero-order valence-electron chi connectivity index (χ0n) is 14.5. The second-order valence-electron chi connectivity index (χ2n) is 9.06. The normalized spacial score (nSPS) is 39.4. The summed E-state index contributed by atoms with van der Waals surface area (Å²) < 4.78 is 13.3. The fraction of sp³-hybridized carbons (Fsp3) is 0.667. The lowest BCUT2D eigenvalue weighted by molar-refractivity contribution is -0.147. The minimum Gasteiger partial charge on any atom is -0.337 e. The molecule has 4 heteroatoms. The summed E-state index contributed by atoms with van der Waals surface area (Å²) in [6, 6.07) is 4.53. The Balaban J connectivity index is 1.35. The summed E-state index contributed by atoms with van der Waals surface area (Å²) in [5, 5.41) is 0.445. The fourth-order valence-electron chi connectivity index (χ4n) is 6.75. The average molecular weight is 362 g/mol. The van der Waals surface area contributed by atoms with Crippen LogP contribution in [0.4, 0.5) is 4.39 Å². The highest BCUT2D eigenvalue weighted by atomic mass is 35.5. The van der Waals surface area contributed by atoms with Crippen molar-refractivity contribution in [3.05, 3.63) is 34.6 Å². The first-order valence-electron chi connectivity index (χ1n) is 9.78. The van der Waals surface area contributed by atoms with E-state index in [4.69, 9.17) is 11.6 Å². The maximum atomic E-state index is 13.3. The van der Waals surface area contributed by atoms with Gasteiger partial charge in [0, 0.05) is 23.0 Å². The summed E-state index contributed by atoms with van der Waals surface area (Å²) in [4.78, 5) is 15.5. The Bertz CT molecular complexity index is 683. The summed E-state index contributed by atoms with van der Waals surface area (Å²) in [6.45, 7) is 0.897. The van der Waals surface area contributed by atoms with Gasteiger partial charge in [-0.05, 0) is 86.8 Å². The highest BCUT2D eigenvalue weighted by Gasteiger charge is 2.56. The van der Waals surface area contributed by atoms with Crippen LogP contribution in [0.3, 0.4) is 0 Å². The van der Waals surface area contributed by atoms with E-state index in [0.717, 1.165) is 36.3 Å². The molecule has 1 atom stereocenters. The van der Waals surface area contributed by atoms with E-state index >= 15 is 0 Å². The lowest BCUT2D eigenvalue weighted by atomic mass is 9.52. The number of likely N-dealkylation sites (tertiary alicyclic amines) is 1. The first kappa shape index (κ1) is 16.1. The smallest absolute Gasteiger partial charge is 0.226 e. The molecule has 6 rings (SSSR count). The van der Waals surface area contributed by atoms with E-state index in [1.54, 1.807) is 6.07 Å². The van der Waals surface area contributed by atoms with Crippen molar-refractivity contribution in [3.63, 3.8) is 0 Å². The molecule has 1 aliphatic heterocycles. The lowest BCUT2D eigenvalue weighted by Gasteiger charge is -2.60. The van der Waals surface area contributed by atoms with E-state index in [1.807, 2.05) is 0 Å². The molecule has 0 aromatic heterocycles. The summed E-state index contributed by atoms with van der Waals surface area (Å²) in [7, 11) is 0. The van der Waals surface area contributed by atoms with E-state index in [1.165, 1.54) is 50.7 Å². The van der Waals surface area contributed by atoms with Gasteiger partial charge in [-0.25, -0.2) is 4.39 Å². The number of benzene rings is 1. The largest absolute Gasteiger partial charge is 0.337 e. The SMILES string of the molecule is O=C1C(Cc2ccc(F)cc2Cl)CCN1C12CC3CC(CC(C3)C1)C2. The molecule has 25 heavy (non-hydrogen) atoms. The molecule has 4 saturated carbocycles. The van der Waals surface area contributed by atoms with Crippen LogP contribution in [0.2, 0.25) is 5.02 Å². The molecule has 1 saturated heterocycles. The number of carbonyl (C=O) groups excluding carboxylic acids is 1. The van der Waals surface area contributed by atoms with Crippen LogP contribution in [0.5, 0.6) is 0 Å². The molecule has 4 aliphatic carbocycles. The molecule has 0 N–H and O–H groups in total. The molecule has 1 aromatic carbocycles. The first-order valence-corrected chi connectivity index (χ1v) is 10.2. The Labute approximate surface area is 153 Å². The molecule has 1 unspecified atom stereocenters. The predicted molar refractivity (Wildman–Crippen MR) is 95.8 cm³/mol. The quantitative estimate of drug-likeness (QED) is 0.754. The van der Waals surface area contributed by atoms with Gasteiger partial charge >= 0.3 is 0 Å². The van der Waals surface area contributed by atoms with Crippen LogP contribution < -0.4 is 0 Å². The van der Waals surface area contributed by atoms with E-state index in [2.05, 4.69) is 4.90 Å². The molecular formula is C21H25ClFNO. The van der Waals surface area contributed by atoms with Gasteiger partial charge in [-0.2, -0.15) is 0 Å². The highest BCUT2D eigenvalue weighted by Crippen LogP contribution is 2.58. The molecule has 1 aromatic rings. The summed E-state index contributed by atoms with van der Waals surface area (Å²) >= 11 is 6.18. The topological polar surface area (TPSA) is 20.3 Å². The van der Waals surface area contributed by atoms with Gasteiger partial charge in [0.15, 0.2) is 0 Å². The second-order valence-corrected chi connectivity index (χ2v) is 9.46. The first-order chi connectivity index (χ1) is 12.0. The third kappa shape index (κ3) is 2.61. The fourth-order valence-corrected chi connectivity index (χ4v) is 6.99. The summed E-state index contributed by atoms with van der Waals surface area (Å²) in [5.41, 5.74) is 1.06. The van der Waals surface area contributed by atoms with Crippen molar-refractivity contribution in [2.45, 2.75) is 56.9 Å². The van der Waals surface area contributed by atoms with Gasteiger partial charge in [0.2, 0.25) is 5.91 Å². The second kappa shape index (κ2) is 5.70. The Hall–Kier alpha value is -1.09. The zero-order chi connectivity index (χ0) is 17.2. The van der Waals surface area contributed by atoms with E-state index < -0.39 is 0 Å². The van der Waals surface area contributed by atoms with E-state index in [9.17, 15) is 9.18 Å². The zero-order valence-corrected chi connectivity index (χ0v) is 15.3. The molecule has 0 spiro atoms. The van der Waals surface area contributed by atoms with Crippen molar-refractivity contribution >= 4 is 17.5 Å². The van der Waals surface area contributed by atoms with Crippen molar-refractivity contribution in [1.29, 1.82) is 0 Å². The number of rotatable bonds is 3. The van der Waals surface area contributed by atoms with Crippen LogP contribution in [0.25, 0.3) is 0 Å². The number of hydrogen-bond donors (Lipinski definition) is 0. The van der Waals surface area contributed by atoms with Gasteiger partial charge in [-0.1, -0.05) is 17.7 Å². The van der Waals surface area contributed by atoms with Crippen molar-refractivity contribution in [1.82, 2.24) is 4.90 Å². The van der Waals surface area contributed by atoms with Crippen molar-refractivity contribution < 1.29 is 9.18 Å². The van der Waals surface area contributed by atoms with Gasteiger partial charge < -0.3 is 4.90 Å². The molecule has 0 radical (unpaired) electrons. The minimum absolute atomic E-state index is 0.0102. The molecule has 4 bridgehead atoms. The van der Waals surface area contributed by atoms with Crippen LogP contribution in [-0.2, 0) is 11.2 Å². The van der Waals surface area contributed by atoms with Crippen LogP contribution >= 0.6 is 11.6 Å². The van der Waals surface area contributed by atoms with E-state index in [0.29, 0.717) is 17.4 Å². The van der Waals surface area contributed by atoms with Gasteiger partial charge in [0.1, 0.15) is 5.82 Å². The number of hydrogen-bond acceptors (Lipinski definition) is 1. The monoisotopic (exact) mass is 361 g/mol. The molecule has 2 nitrogen and oxygen atoms in total. The molecule has 1 amide bonds. The summed E-state index contributed by atoms with van der Waals surface area (Å²) in [5.74, 6) is 2.57. The van der Waals surface area contributed by atoms with Crippen LogP contribution in [0.15, 0.2) is 18.2 Å². The highest BCUT2D eigenvalue weighted by molar-refractivity contribution is 6.31. The molecule has 5 aliphatic rings. The third-order valence-corrected chi connectivity index (χ3v) is 7.73. The third-order valence-electron chi connectivity index (χ3n) is 7.38. The van der Waals surface area contributed by atoms with Crippen LogP contribution in [-0.4, -0.2) is 22.9 Å². The molecule has 1 heterocycles. The Morgan fingerprint density at radius 3 is 2.36 bits per heavy atom. The average Bonchev–Trinajstić information content (AvgIpc) is 2.90. The number of amides is 1. The Kier molecular flexibility index (Phi) is 3.68. The van der Waals surface area contributed by atoms with Gasteiger partial charge in [0.05, 0.1) is 0 Å². The molecular weight excluding hydrogens is 337 g/mol. The van der Waals surface area contributed by atoms with Gasteiger partial charge in [-0.3, -0.25) is 4.79 Å². The van der Waals surface area contributed by atoms with Gasteiger partial charge in [0.25, 0.3) is 0 Å².